The lowest BCUT2D eigenvalue weighted by molar-refractivity contribution is -0.117. The molecule has 160 valence electrons. The van der Waals surface area contributed by atoms with Crippen molar-refractivity contribution in [3.05, 3.63) is 84.4 Å². The van der Waals surface area contributed by atoms with Gasteiger partial charge < -0.3 is 20.3 Å². The first-order valence-electron chi connectivity index (χ1n) is 10.9. The Hall–Kier alpha value is -3.47. The van der Waals surface area contributed by atoms with Crippen LogP contribution in [0.25, 0.3) is 0 Å². The summed E-state index contributed by atoms with van der Waals surface area (Å²) in [4.78, 5) is 15.7. The molecule has 0 unspecified atom stereocenters. The first kappa shape index (κ1) is 20.8. The fraction of sp³-hybridized carbons (Fsp3) is 0.269. The molecule has 0 radical (unpaired) electrons. The number of anilines is 3. The molecule has 31 heavy (non-hydrogen) atoms. The van der Waals surface area contributed by atoms with Crippen LogP contribution in [0.3, 0.4) is 0 Å². The number of nitrogens with zero attached hydrogens (tertiary/aromatic N) is 1. The molecule has 0 saturated carbocycles. The highest BCUT2D eigenvalue weighted by Crippen LogP contribution is 2.28. The second kappa shape index (κ2) is 10.0. The molecule has 1 fully saturated rings. The molecule has 5 heteroatoms. The number of carbonyl (C=O) groups is 1. The second-order valence-corrected chi connectivity index (χ2v) is 7.65. The van der Waals surface area contributed by atoms with E-state index in [0.717, 1.165) is 24.3 Å². The van der Waals surface area contributed by atoms with Gasteiger partial charge >= 0.3 is 0 Å². The molecule has 3 aromatic carbocycles. The first-order valence-corrected chi connectivity index (χ1v) is 10.9. The second-order valence-electron chi connectivity index (χ2n) is 7.65. The molecule has 1 atom stereocenters. The molecule has 1 amide bonds. The molecular weight excluding hydrogens is 386 g/mol. The van der Waals surface area contributed by atoms with E-state index in [0.29, 0.717) is 18.0 Å². The zero-order chi connectivity index (χ0) is 21.5. The molecule has 3 aromatic rings. The topological polar surface area (TPSA) is 53.6 Å². The number of para-hydroxylation sites is 2. The quantitative estimate of drug-likeness (QED) is 0.512. The van der Waals surface area contributed by atoms with Crippen molar-refractivity contribution < 1.29 is 9.53 Å². The van der Waals surface area contributed by atoms with Crippen LogP contribution >= 0.6 is 0 Å². The number of carbonyl (C=O) groups excluding carboxylic acids is 1. The number of nitrogens with one attached hydrogen (secondary N) is 2. The summed E-state index contributed by atoms with van der Waals surface area (Å²) >= 11 is 0. The minimum absolute atomic E-state index is 0.137. The number of rotatable bonds is 8. The van der Waals surface area contributed by atoms with Crippen LogP contribution in [0.1, 0.15) is 31.4 Å². The number of ether oxygens (including phenoxy) is 1. The highest BCUT2D eigenvalue weighted by Gasteiger charge is 2.22. The summed E-state index contributed by atoms with van der Waals surface area (Å²) in [6.07, 6.45) is 2.50. The van der Waals surface area contributed by atoms with Gasteiger partial charge in [-0.2, -0.15) is 0 Å². The molecule has 1 aliphatic rings. The fourth-order valence-corrected chi connectivity index (χ4v) is 3.91. The summed E-state index contributed by atoms with van der Waals surface area (Å²) in [6, 6.07) is 25.1. The number of amides is 1. The lowest BCUT2D eigenvalue weighted by Gasteiger charge is -2.22. The molecular formula is C26H29N3O2. The number of hydrogen-bond donors (Lipinski definition) is 2. The van der Waals surface area contributed by atoms with Gasteiger partial charge in [0, 0.05) is 24.5 Å². The third-order valence-electron chi connectivity index (χ3n) is 5.49. The van der Waals surface area contributed by atoms with Crippen LogP contribution in [0, 0.1) is 0 Å². The summed E-state index contributed by atoms with van der Waals surface area (Å²) < 4.78 is 5.66. The summed E-state index contributed by atoms with van der Waals surface area (Å²) in [6.45, 7) is 4.69. The normalized spacial score (nSPS) is 14.2. The van der Waals surface area contributed by atoms with Crippen LogP contribution < -0.4 is 20.3 Å². The minimum atomic E-state index is -0.534. The van der Waals surface area contributed by atoms with Crippen molar-refractivity contribution in [3.8, 4) is 5.75 Å². The predicted molar refractivity (Wildman–Crippen MR) is 127 cm³/mol. The van der Waals surface area contributed by atoms with Gasteiger partial charge in [0.1, 0.15) is 11.8 Å². The van der Waals surface area contributed by atoms with Gasteiger partial charge in [0.2, 0.25) is 0 Å². The van der Waals surface area contributed by atoms with E-state index < -0.39 is 6.04 Å². The van der Waals surface area contributed by atoms with E-state index in [1.807, 2.05) is 73.7 Å². The summed E-state index contributed by atoms with van der Waals surface area (Å²) in [5.41, 5.74) is 3.71. The number of benzene rings is 3. The maximum atomic E-state index is 13.3. The Labute approximate surface area is 184 Å². The van der Waals surface area contributed by atoms with E-state index in [4.69, 9.17) is 4.74 Å². The molecule has 0 spiro atoms. The fourth-order valence-electron chi connectivity index (χ4n) is 3.91. The van der Waals surface area contributed by atoms with Gasteiger partial charge in [-0.25, -0.2) is 0 Å². The Morgan fingerprint density at radius 3 is 2.32 bits per heavy atom. The average Bonchev–Trinajstić information content (AvgIpc) is 3.35. The van der Waals surface area contributed by atoms with Crippen LogP contribution in [0.4, 0.5) is 17.1 Å². The highest BCUT2D eigenvalue weighted by molar-refractivity contribution is 5.98. The standard InChI is InChI=1S/C26H29N3O2/c1-2-31-24-13-7-6-12-23(24)28-26(30)25(20-10-4-3-5-11-20)27-21-14-16-22(17-15-21)29-18-8-9-19-29/h3-7,10-17,25,27H,2,8-9,18-19H2,1H3,(H,28,30)/t25-/m1/s1. The molecule has 4 rings (SSSR count). The van der Waals surface area contributed by atoms with Gasteiger partial charge in [-0.15, -0.1) is 0 Å². The van der Waals surface area contributed by atoms with Crippen molar-refractivity contribution in [1.82, 2.24) is 0 Å². The average molecular weight is 416 g/mol. The Kier molecular flexibility index (Phi) is 6.72. The first-order chi connectivity index (χ1) is 15.2. The minimum Gasteiger partial charge on any atom is -0.492 e. The summed E-state index contributed by atoms with van der Waals surface area (Å²) in [7, 11) is 0. The molecule has 1 saturated heterocycles. The summed E-state index contributed by atoms with van der Waals surface area (Å²) in [5, 5.41) is 6.45. The lowest BCUT2D eigenvalue weighted by Crippen LogP contribution is -2.27. The zero-order valence-corrected chi connectivity index (χ0v) is 17.9. The molecule has 1 aliphatic heterocycles. The monoisotopic (exact) mass is 415 g/mol. The van der Waals surface area contributed by atoms with E-state index in [1.54, 1.807) is 0 Å². The molecule has 0 aromatic heterocycles. The third kappa shape index (κ3) is 5.18. The molecule has 1 heterocycles. The van der Waals surface area contributed by atoms with Gasteiger partial charge in [-0.05, 0) is 61.7 Å². The van der Waals surface area contributed by atoms with Crippen molar-refractivity contribution >= 4 is 23.0 Å². The van der Waals surface area contributed by atoms with Crippen LogP contribution in [0.5, 0.6) is 5.75 Å². The predicted octanol–water partition coefficient (Wildman–Crippen LogP) is 5.48. The Morgan fingerprint density at radius 1 is 0.935 bits per heavy atom. The largest absolute Gasteiger partial charge is 0.492 e. The van der Waals surface area contributed by atoms with Gasteiger partial charge in [-0.1, -0.05) is 42.5 Å². The lowest BCUT2D eigenvalue weighted by atomic mass is 10.1. The Balaban J connectivity index is 1.54. The van der Waals surface area contributed by atoms with E-state index in [-0.39, 0.29) is 5.91 Å². The Morgan fingerprint density at radius 2 is 1.61 bits per heavy atom. The van der Waals surface area contributed by atoms with E-state index in [1.165, 1.54) is 18.5 Å². The van der Waals surface area contributed by atoms with E-state index >= 15 is 0 Å². The third-order valence-corrected chi connectivity index (χ3v) is 5.49. The van der Waals surface area contributed by atoms with Gasteiger partial charge in [0.05, 0.1) is 12.3 Å². The molecule has 0 aliphatic carbocycles. The molecule has 0 bridgehead atoms. The van der Waals surface area contributed by atoms with Gasteiger partial charge in [0.25, 0.3) is 5.91 Å². The Bertz CT molecular complexity index is 983. The maximum absolute atomic E-state index is 13.3. The van der Waals surface area contributed by atoms with Crippen molar-refractivity contribution in [2.45, 2.75) is 25.8 Å². The van der Waals surface area contributed by atoms with Crippen molar-refractivity contribution in [2.75, 3.05) is 35.2 Å². The summed E-state index contributed by atoms with van der Waals surface area (Å²) in [5.74, 6) is 0.530. The van der Waals surface area contributed by atoms with Crippen LogP contribution in [-0.2, 0) is 4.79 Å². The van der Waals surface area contributed by atoms with E-state index in [9.17, 15) is 4.79 Å². The van der Waals surface area contributed by atoms with Crippen molar-refractivity contribution in [2.24, 2.45) is 0 Å². The smallest absolute Gasteiger partial charge is 0.251 e. The maximum Gasteiger partial charge on any atom is 0.251 e. The van der Waals surface area contributed by atoms with Gasteiger partial charge in [-0.3, -0.25) is 4.79 Å². The van der Waals surface area contributed by atoms with Crippen LogP contribution in [0.15, 0.2) is 78.9 Å². The molecule has 5 nitrogen and oxygen atoms in total. The highest BCUT2D eigenvalue weighted by atomic mass is 16.5. The van der Waals surface area contributed by atoms with Gasteiger partial charge in [0.15, 0.2) is 0 Å². The van der Waals surface area contributed by atoms with Crippen molar-refractivity contribution in [3.63, 3.8) is 0 Å². The molecule has 2 N–H and O–H groups in total. The zero-order valence-electron chi connectivity index (χ0n) is 17.9. The number of hydrogen-bond acceptors (Lipinski definition) is 4. The van der Waals surface area contributed by atoms with Crippen LogP contribution in [-0.4, -0.2) is 25.6 Å². The van der Waals surface area contributed by atoms with Crippen LogP contribution in [0.2, 0.25) is 0 Å². The SMILES string of the molecule is CCOc1ccccc1NC(=O)[C@H](Nc1ccc(N2CCCC2)cc1)c1ccccc1. The van der Waals surface area contributed by atoms with E-state index in [2.05, 4.69) is 27.7 Å². The van der Waals surface area contributed by atoms with Crippen molar-refractivity contribution in [1.29, 1.82) is 0 Å².